The Balaban J connectivity index is 1.89. The number of anilines is 1. The standard InChI is InChI=1S/C22H16BrN3O4/c23-17-7-4-8-18(14-17)24-22(28)20(25-21(27)16-5-2-1-3-6-16)13-15-9-11-19(12-10-15)26(29)30/h1-14H,(H,24,28)(H,25,27)/b20-13+. The molecule has 0 aliphatic rings. The van der Waals surface area contributed by atoms with Crippen LogP contribution < -0.4 is 10.6 Å². The minimum Gasteiger partial charge on any atom is -0.321 e. The fraction of sp³-hybridized carbons (Fsp3) is 0. The maximum atomic E-state index is 12.9. The van der Waals surface area contributed by atoms with Gasteiger partial charge in [0, 0.05) is 27.9 Å². The van der Waals surface area contributed by atoms with Crippen LogP contribution in [0.15, 0.2) is 89.0 Å². The van der Waals surface area contributed by atoms with Crippen LogP contribution in [0.5, 0.6) is 0 Å². The van der Waals surface area contributed by atoms with Gasteiger partial charge in [0.25, 0.3) is 17.5 Å². The van der Waals surface area contributed by atoms with Crippen LogP contribution in [0.2, 0.25) is 0 Å². The molecule has 8 heteroatoms. The SMILES string of the molecule is O=C(Nc1cccc(Br)c1)/C(=C\c1ccc([N+](=O)[O-])cc1)NC(=O)c1ccccc1. The molecule has 3 aromatic carbocycles. The smallest absolute Gasteiger partial charge is 0.272 e. The first-order valence-corrected chi connectivity index (χ1v) is 9.61. The maximum absolute atomic E-state index is 12.9. The van der Waals surface area contributed by atoms with Gasteiger partial charge in [0.2, 0.25) is 0 Å². The average Bonchev–Trinajstić information content (AvgIpc) is 2.74. The highest BCUT2D eigenvalue weighted by molar-refractivity contribution is 9.10. The highest BCUT2D eigenvalue weighted by Gasteiger charge is 2.15. The van der Waals surface area contributed by atoms with Gasteiger partial charge in [-0.1, -0.05) is 40.2 Å². The van der Waals surface area contributed by atoms with Crippen molar-refractivity contribution < 1.29 is 14.5 Å². The van der Waals surface area contributed by atoms with Crippen LogP contribution in [0.1, 0.15) is 15.9 Å². The number of nitro benzene ring substituents is 1. The average molecular weight is 466 g/mol. The first-order valence-electron chi connectivity index (χ1n) is 8.82. The van der Waals surface area contributed by atoms with E-state index in [2.05, 4.69) is 26.6 Å². The summed E-state index contributed by atoms with van der Waals surface area (Å²) in [6.07, 6.45) is 1.46. The molecular formula is C22H16BrN3O4. The highest BCUT2D eigenvalue weighted by atomic mass is 79.9. The van der Waals surface area contributed by atoms with E-state index in [4.69, 9.17) is 0 Å². The number of hydrogen-bond acceptors (Lipinski definition) is 4. The van der Waals surface area contributed by atoms with Crippen LogP contribution in [-0.2, 0) is 4.79 Å². The summed E-state index contributed by atoms with van der Waals surface area (Å²) < 4.78 is 0.787. The largest absolute Gasteiger partial charge is 0.321 e. The zero-order chi connectivity index (χ0) is 21.5. The van der Waals surface area contributed by atoms with E-state index in [1.807, 2.05) is 6.07 Å². The van der Waals surface area contributed by atoms with E-state index in [1.165, 1.54) is 30.3 Å². The summed E-state index contributed by atoms with van der Waals surface area (Å²) in [6, 6.07) is 21.2. The van der Waals surface area contributed by atoms with Gasteiger partial charge in [-0.05, 0) is 54.1 Å². The number of hydrogen-bond donors (Lipinski definition) is 2. The van der Waals surface area contributed by atoms with Gasteiger partial charge in [0.05, 0.1) is 4.92 Å². The molecule has 0 bridgehead atoms. The molecule has 0 aromatic heterocycles. The molecule has 2 amide bonds. The van der Waals surface area contributed by atoms with Crippen LogP contribution in [-0.4, -0.2) is 16.7 Å². The molecule has 0 aliphatic carbocycles. The zero-order valence-corrected chi connectivity index (χ0v) is 17.1. The molecule has 0 unspecified atom stereocenters. The predicted octanol–water partition coefficient (Wildman–Crippen LogP) is 4.77. The molecule has 0 heterocycles. The fourth-order valence-corrected chi connectivity index (χ4v) is 2.97. The summed E-state index contributed by atoms with van der Waals surface area (Å²) in [5.41, 5.74) is 1.38. The Bertz CT molecular complexity index is 1110. The number of nitro groups is 1. The zero-order valence-electron chi connectivity index (χ0n) is 15.5. The van der Waals surface area contributed by atoms with Gasteiger partial charge in [0.15, 0.2) is 0 Å². The topological polar surface area (TPSA) is 101 Å². The summed E-state index contributed by atoms with van der Waals surface area (Å²) in [7, 11) is 0. The molecule has 0 saturated carbocycles. The third kappa shape index (κ3) is 5.62. The van der Waals surface area contributed by atoms with Crippen molar-refractivity contribution in [3.63, 3.8) is 0 Å². The molecule has 7 nitrogen and oxygen atoms in total. The van der Waals surface area contributed by atoms with Crippen LogP contribution in [0.4, 0.5) is 11.4 Å². The summed E-state index contributed by atoms with van der Waals surface area (Å²) in [5, 5.41) is 16.2. The lowest BCUT2D eigenvalue weighted by Gasteiger charge is -2.11. The number of benzene rings is 3. The Morgan fingerprint density at radius 3 is 2.27 bits per heavy atom. The molecule has 0 fully saturated rings. The Hall–Kier alpha value is -3.78. The van der Waals surface area contributed by atoms with Crippen LogP contribution in [0.3, 0.4) is 0 Å². The predicted molar refractivity (Wildman–Crippen MR) is 118 cm³/mol. The van der Waals surface area contributed by atoms with Crippen molar-refractivity contribution in [2.75, 3.05) is 5.32 Å². The number of carbonyl (C=O) groups excluding carboxylic acids is 2. The minimum absolute atomic E-state index is 0.00215. The Labute approximate surface area is 180 Å². The number of amides is 2. The van der Waals surface area contributed by atoms with E-state index in [0.29, 0.717) is 16.8 Å². The van der Waals surface area contributed by atoms with E-state index in [0.717, 1.165) is 4.47 Å². The Morgan fingerprint density at radius 1 is 0.933 bits per heavy atom. The highest BCUT2D eigenvalue weighted by Crippen LogP contribution is 2.18. The van der Waals surface area contributed by atoms with Crippen molar-refractivity contribution in [3.05, 3.63) is 110 Å². The van der Waals surface area contributed by atoms with Gasteiger partial charge in [-0.3, -0.25) is 19.7 Å². The molecule has 0 radical (unpaired) electrons. The molecule has 150 valence electrons. The number of rotatable bonds is 6. The second-order valence-corrected chi connectivity index (χ2v) is 7.11. The van der Waals surface area contributed by atoms with Crippen molar-refractivity contribution in [3.8, 4) is 0 Å². The van der Waals surface area contributed by atoms with Gasteiger partial charge in [-0.15, -0.1) is 0 Å². The van der Waals surface area contributed by atoms with E-state index in [-0.39, 0.29) is 11.4 Å². The van der Waals surface area contributed by atoms with Gasteiger partial charge >= 0.3 is 0 Å². The van der Waals surface area contributed by atoms with Crippen LogP contribution in [0.25, 0.3) is 6.08 Å². The van der Waals surface area contributed by atoms with Crippen molar-refractivity contribution >= 4 is 45.2 Å². The molecule has 0 spiro atoms. The van der Waals surface area contributed by atoms with Crippen LogP contribution in [0, 0.1) is 10.1 Å². The Kier molecular flexibility index (Phi) is 6.71. The number of carbonyl (C=O) groups is 2. The number of halogens is 1. The van der Waals surface area contributed by atoms with Crippen molar-refractivity contribution in [1.82, 2.24) is 5.32 Å². The summed E-state index contributed by atoms with van der Waals surface area (Å²) in [4.78, 5) is 35.8. The summed E-state index contributed by atoms with van der Waals surface area (Å²) in [5.74, 6) is -0.983. The lowest BCUT2D eigenvalue weighted by atomic mass is 10.1. The normalized spacial score (nSPS) is 10.9. The van der Waals surface area contributed by atoms with Crippen LogP contribution >= 0.6 is 15.9 Å². The summed E-state index contributed by atoms with van der Waals surface area (Å²) in [6.45, 7) is 0. The third-order valence-corrected chi connectivity index (χ3v) is 4.52. The van der Waals surface area contributed by atoms with Crippen molar-refractivity contribution in [1.29, 1.82) is 0 Å². The van der Waals surface area contributed by atoms with Crippen molar-refractivity contribution in [2.45, 2.75) is 0 Å². The third-order valence-electron chi connectivity index (χ3n) is 4.03. The van der Waals surface area contributed by atoms with E-state index >= 15 is 0 Å². The quantitative estimate of drug-likeness (QED) is 0.311. The summed E-state index contributed by atoms with van der Waals surface area (Å²) >= 11 is 3.34. The molecule has 2 N–H and O–H groups in total. The first kappa shape index (κ1) is 20.9. The molecule has 0 atom stereocenters. The van der Waals surface area contributed by atoms with Crippen molar-refractivity contribution in [2.24, 2.45) is 0 Å². The molecule has 0 saturated heterocycles. The fourth-order valence-electron chi connectivity index (χ4n) is 2.57. The second-order valence-electron chi connectivity index (χ2n) is 6.19. The lowest BCUT2D eigenvalue weighted by Crippen LogP contribution is -2.30. The van der Waals surface area contributed by atoms with Gasteiger partial charge in [-0.25, -0.2) is 0 Å². The molecule has 0 aliphatic heterocycles. The van der Waals surface area contributed by atoms with Gasteiger partial charge in [0.1, 0.15) is 5.70 Å². The number of non-ortho nitro benzene ring substituents is 1. The molecular weight excluding hydrogens is 450 g/mol. The molecule has 3 aromatic rings. The van der Waals surface area contributed by atoms with Gasteiger partial charge in [-0.2, -0.15) is 0 Å². The monoisotopic (exact) mass is 465 g/mol. The van der Waals surface area contributed by atoms with Gasteiger partial charge < -0.3 is 10.6 Å². The molecule has 3 rings (SSSR count). The lowest BCUT2D eigenvalue weighted by molar-refractivity contribution is -0.384. The minimum atomic E-state index is -0.532. The van der Waals surface area contributed by atoms with E-state index in [1.54, 1.807) is 48.5 Å². The first-order chi connectivity index (χ1) is 14.4. The maximum Gasteiger partial charge on any atom is 0.272 e. The second kappa shape index (κ2) is 9.62. The number of nitrogens with zero attached hydrogens (tertiary/aromatic N) is 1. The van der Waals surface area contributed by atoms with E-state index < -0.39 is 16.7 Å². The Morgan fingerprint density at radius 2 is 1.63 bits per heavy atom. The number of nitrogens with one attached hydrogen (secondary N) is 2. The molecule has 30 heavy (non-hydrogen) atoms. The van der Waals surface area contributed by atoms with E-state index in [9.17, 15) is 19.7 Å².